The van der Waals surface area contributed by atoms with Gasteiger partial charge < -0.3 is 28.8 Å². The maximum absolute atomic E-state index is 14.3. The van der Waals surface area contributed by atoms with Crippen molar-refractivity contribution in [1.29, 1.82) is 0 Å². The Morgan fingerprint density at radius 1 is 0.944 bits per heavy atom. The average Bonchev–Trinajstić information content (AvgIpc) is 3.43. The maximum atomic E-state index is 14.3. The summed E-state index contributed by atoms with van der Waals surface area (Å²) < 4.78 is 29.1. The van der Waals surface area contributed by atoms with Crippen LogP contribution in [0.15, 0.2) is 11.6 Å². The van der Waals surface area contributed by atoms with Crippen LogP contribution in [0.1, 0.15) is 53.4 Å². The maximum Gasteiger partial charge on any atom is 0.340 e. The lowest BCUT2D eigenvalue weighted by Gasteiger charge is -2.65. The fraction of sp³-hybridized carbons (Fsp3) is 0.769. The summed E-state index contributed by atoms with van der Waals surface area (Å²) in [5, 5.41) is 9.90. The normalized spacial score (nSPS) is 54.1. The van der Waals surface area contributed by atoms with Gasteiger partial charge in [0, 0.05) is 23.2 Å². The summed E-state index contributed by atoms with van der Waals surface area (Å²) in [6.07, 6.45) is -1.12. The predicted molar refractivity (Wildman–Crippen MR) is 117 cm³/mol. The number of fused-ring (bicyclic) bond motifs is 1. The van der Waals surface area contributed by atoms with Crippen LogP contribution in [0.4, 0.5) is 0 Å². The zero-order valence-corrected chi connectivity index (χ0v) is 20.7. The Kier molecular flexibility index (Phi) is 4.06. The molecule has 1 unspecified atom stereocenters. The van der Waals surface area contributed by atoms with Crippen LogP contribution in [0.25, 0.3) is 0 Å². The van der Waals surface area contributed by atoms with Crippen LogP contribution in [0.3, 0.4) is 0 Å². The summed E-state index contributed by atoms with van der Waals surface area (Å²) in [5.74, 6) is -2.12. The molecule has 36 heavy (non-hydrogen) atoms. The summed E-state index contributed by atoms with van der Waals surface area (Å²) in [6.45, 7) is 7.88. The number of ether oxygens (including phenoxy) is 5. The van der Waals surface area contributed by atoms with Gasteiger partial charge in [0.25, 0.3) is 0 Å². The highest BCUT2D eigenvalue weighted by Gasteiger charge is 2.90. The van der Waals surface area contributed by atoms with Crippen molar-refractivity contribution in [2.24, 2.45) is 28.1 Å². The van der Waals surface area contributed by atoms with Crippen LogP contribution < -0.4 is 0 Å². The molecule has 0 radical (unpaired) electrons. The van der Waals surface area contributed by atoms with Crippen LogP contribution in [0, 0.1) is 28.1 Å². The zero-order chi connectivity index (χ0) is 25.6. The van der Waals surface area contributed by atoms with Gasteiger partial charge in [-0.25, -0.2) is 9.59 Å². The molecule has 0 bridgehead atoms. The Hall–Kier alpha value is -2.30. The number of ketones is 1. The summed E-state index contributed by atoms with van der Waals surface area (Å²) >= 11 is 0. The number of aliphatic hydroxyl groups is 1. The number of esters is 3. The molecule has 0 aromatic rings. The molecule has 0 aromatic carbocycles. The largest absolute Gasteiger partial charge is 0.465 e. The first-order valence-corrected chi connectivity index (χ1v) is 12.7. The van der Waals surface area contributed by atoms with Gasteiger partial charge in [0.1, 0.15) is 24.1 Å². The topological polar surface area (TPSA) is 138 Å². The Labute approximate surface area is 207 Å². The van der Waals surface area contributed by atoms with Crippen LogP contribution in [0.5, 0.6) is 0 Å². The third-order valence-electron chi connectivity index (χ3n) is 11.0. The molecule has 4 saturated heterocycles. The molecule has 5 aliphatic heterocycles. The lowest BCUT2D eigenvalue weighted by Crippen LogP contribution is -2.74. The molecule has 1 N–H and O–H groups in total. The molecular weight excluding hydrogens is 472 g/mol. The molecule has 5 heterocycles. The van der Waals surface area contributed by atoms with Crippen LogP contribution in [0.2, 0.25) is 0 Å². The Morgan fingerprint density at radius 2 is 1.69 bits per heavy atom. The number of rotatable bonds is 1. The second kappa shape index (κ2) is 6.39. The molecule has 2 aliphatic carbocycles. The Bertz CT molecular complexity index is 1170. The molecule has 194 valence electrons. The molecule has 10 atom stereocenters. The van der Waals surface area contributed by atoms with Gasteiger partial charge in [-0.3, -0.25) is 9.59 Å². The van der Waals surface area contributed by atoms with Gasteiger partial charge in [-0.2, -0.15) is 0 Å². The number of cyclic esters (lactones) is 3. The standard InChI is InChI=1S/C26H30O10/c1-22(2)13-8-14(27)24(4)12(25(13)10-32-16(28)9-15(25)35-22)5-6-23(3)18(11-7-17(29)33-20(11)30)34-21(31)19-26(23,24)36-19/h7,12-13,15,17-19,29H,5-6,8-10H2,1-4H3/t12-,13-,15-,17?,18-,19+,23-,24-,25+,26+/m0/s1. The highest BCUT2D eigenvalue weighted by Crippen LogP contribution is 2.78. The summed E-state index contributed by atoms with van der Waals surface area (Å²) in [4.78, 5) is 52.3. The van der Waals surface area contributed by atoms with Crippen molar-refractivity contribution >= 4 is 23.7 Å². The SMILES string of the molecule is CC1(C)O[C@H]2CC(=O)OC[C@]23[C@H]2CC[C@@]4(C)[C@H](C5=CC(O)OC5=O)OC(=O)[C@H]5O[C@]54[C@]2(C)C(=O)C[C@@H]13. The van der Waals surface area contributed by atoms with Crippen molar-refractivity contribution in [2.45, 2.75) is 89.2 Å². The number of Topliss-reactive ketones (excluding diaryl/α,β-unsaturated/α-hetero) is 1. The van der Waals surface area contributed by atoms with Crippen LogP contribution in [-0.4, -0.2) is 71.2 Å². The summed E-state index contributed by atoms with van der Waals surface area (Å²) in [5.41, 5.74) is -4.37. The highest BCUT2D eigenvalue weighted by atomic mass is 16.7. The van der Waals surface area contributed by atoms with E-state index in [-0.39, 0.29) is 48.6 Å². The van der Waals surface area contributed by atoms with Gasteiger partial charge in [-0.05, 0) is 45.6 Å². The predicted octanol–water partition coefficient (Wildman–Crippen LogP) is 0.973. The first-order chi connectivity index (χ1) is 16.8. The lowest BCUT2D eigenvalue weighted by molar-refractivity contribution is -0.221. The van der Waals surface area contributed by atoms with Gasteiger partial charge in [0.05, 0.1) is 29.1 Å². The molecule has 2 spiro atoms. The summed E-state index contributed by atoms with van der Waals surface area (Å²) in [7, 11) is 0. The highest BCUT2D eigenvalue weighted by molar-refractivity contribution is 5.96. The molecule has 2 saturated carbocycles. The number of hydrogen-bond acceptors (Lipinski definition) is 10. The van der Waals surface area contributed by atoms with Crippen molar-refractivity contribution in [3.8, 4) is 0 Å². The van der Waals surface area contributed by atoms with Crippen LogP contribution >= 0.6 is 0 Å². The lowest BCUT2D eigenvalue weighted by atomic mass is 9.37. The van der Waals surface area contributed by atoms with Gasteiger partial charge in [-0.1, -0.05) is 6.92 Å². The van der Waals surface area contributed by atoms with E-state index in [0.717, 1.165) is 0 Å². The van der Waals surface area contributed by atoms with Crippen molar-refractivity contribution < 1.29 is 48.0 Å². The van der Waals surface area contributed by atoms with E-state index in [1.807, 2.05) is 27.7 Å². The van der Waals surface area contributed by atoms with Gasteiger partial charge in [-0.15, -0.1) is 0 Å². The third-order valence-corrected chi connectivity index (χ3v) is 11.0. The minimum absolute atomic E-state index is 0.0118. The number of carbonyl (C=O) groups is 4. The van der Waals surface area contributed by atoms with Gasteiger partial charge in [0.2, 0.25) is 6.29 Å². The number of carbonyl (C=O) groups excluding carboxylic acids is 4. The molecule has 7 aliphatic rings. The molecule has 7 rings (SSSR count). The van der Waals surface area contributed by atoms with E-state index in [4.69, 9.17) is 23.7 Å². The van der Waals surface area contributed by atoms with Gasteiger partial charge >= 0.3 is 17.9 Å². The fourth-order valence-electron chi connectivity index (χ4n) is 9.51. The average molecular weight is 503 g/mol. The molecule has 10 heteroatoms. The number of aliphatic hydroxyl groups excluding tert-OH is 1. The fourth-order valence-corrected chi connectivity index (χ4v) is 9.51. The monoisotopic (exact) mass is 502 g/mol. The van der Waals surface area contributed by atoms with E-state index in [1.165, 1.54) is 6.08 Å². The number of epoxide rings is 1. The summed E-state index contributed by atoms with van der Waals surface area (Å²) in [6, 6.07) is 0. The molecule has 6 fully saturated rings. The number of hydrogen-bond donors (Lipinski definition) is 1. The first-order valence-electron chi connectivity index (χ1n) is 12.7. The van der Waals surface area contributed by atoms with Crippen molar-refractivity contribution in [2.75, 3.05) is 6.61 Å². The molecular formula is C26H30O10. The van der Waals surface area contributed by atoms with Crippen molar-refractivity contribution in [3.63, 3.8) is 0 Å². The minimum atomic E-state index is -1.41. The minimum Gasteiger partial charge on any atom is -0.465 e. The second-order valence-corrected chi connectivity index (χ2v) is 12.5. The second-order valence-electron chi connectivity index (χ2n) is 12.5. The van der Waals surface area contributed by atoms with E-state index in [9.17, 15) is 24.3 Å². The van der Waals surface area contributed by atoms with E-state index in [1.54, 1.807) is 0 Å². The van der Waals surface area contributed by atoms with Gasteiger partial charge in [0.15, 0.2) is 6.10 Å². The van der Waals surface area contributed by atoms with Crippen molar-refractivity contribution in [3.05, 3.63) is 11.6 Å². The van der Waals surface area contributed by atoms with E-state index < -0.39 is 64.0 Å². The first kappa shape index (κ1) is 22.9. The van der Waals surface area contributed by atoms with E-state index >= 15 is 0 Å². The quantitative estimate of drug-likeness (QED) is 0.314. The Morgan fingerprint density at radius 3 is 2.39 bits per heavy atom. The van der Waals surface area contributed by atoms with E-state index in [0.29, 0.717) is 12.8 Å². The zero-order valence-electron chi connectivity index (χ0n) is 20.7. The molecule has 10 nitrogen and oxygen atoms in total. The van der Waals surface area contributed by atoms with Crippen molar-refractivity contribution in [1.82, 2.24) is 0 Å². The molecule has 0 amide bonds. The third kappa shape index (κ3) is 2.23. The smallest absolute Gasteiger partial charge is 0.340 e. The van der Waals surface area contributed by atoms with E-state index in [2.05, 4.69) is 0 Å². The Balaban J connectivity index is 1.39. The van der Waals surface area contributed by atoms with Crippen LogP contribution in [-0.2, 0) is 42.9 Å². The molecule has 0 aromatic heterocycles.